The van der Waals surface area contributed by atoms with Gasteiger partial charge in [-0.15, -0.1) is 0 Å². The molecule has 0 amide bonds. The van der Waals surface area contributed by atoms with Crippen LogP contribution in [0.1, 0.15) is 24.1 Å². The van der Waals surface area contributed by atoms with Crippen LogP contribution in [-0.4, -0.2) is 14.2 Å². The number of methoxy groups -OCH3 is 2. The van der Waals surface area contributed by atoms with Crippen molar-refractivity contribution in [1.82, 2.24) is 5.32 Å². The number of ether oxygens (including phenoxy) is 2. The quantitative estimate of drug-likeness (QED) is 0.871. The molecule has 2 aromatic carbocycles. The molecule has 0 aliphatic heterocycles. The van der Waals surface area contributed by atoms with Crippen molar-refractivity contribution in [2.75, 3.05) is 14.2 Å². The number of nitrogens with one attached hydrogen (secondary N) is 1. The number of hydrogen-bond donors (Lipinski definition) is 1. The van der Waals surface area contributed by atoms with E-state index in [2.05, 4.69) is 36.5 Å². The molecule has 2 aromatic rings. The lowest BCUT2D eigenvalue weighted by Crippen LogP contribution is -2.18. The van der Waals surface area contributed by atoms with Gasteiger partial charge in [-0.3, -0.25) is 0 Å². The van der Waals surface area contributed by atoms with Crippen LogP contribution in [-0.2, 0) is 6.54 Å². The minimum atomic E-state index is 0.299. The summed E-state index contributed by atoms with van der Waals surface area (Å²) in [6.07, 6.45) is 0. The van der Waals surface area contributed by atoms with Gasteiger partial charge in [-0.25, -0.2) is 0 Å². The van der Waals surface area contributed by atoms with E-state index in [-0.39, 0.29) is 0 Å². The van der Waals surface area contributed by atoms with Crippen molar-refractivity contribution < 1.29 is 9.47 Å². The van der Waals surface area contributed by atoms with E-state index >= 15 is 0 Å². The lowest BCUT2D eigenvalue weighted by molar-refractivity contribution is 0.392. The van der Waals surface area contributed by atoms with Gasteiger partial charge < -0.3 is 14.8 Å². The molecule has 1 unspecified atom stereocenters. The van der Waals surface area contributed by atoms with Crippen molar-refractivity contribution in [3.63, 3.8) is 0 Å². The first-order valence-electron chi connectivity index (χ1n) is 6.73. The van der Waals surface area contributed by atoms with Gasteiger partial charge in [0.15, 0.2) is 0 Å². The molecule has 0 aromatic heterocycles. The van der Waals surface area contributed by atoms with Crippen LogP contribution in [0.5, 0.6) is 11.5 Å². The van der Waals surface area contributed by atoms with Crippen LogP contribution in [0.2, 0.25) is 0 Å². The largest absolute Gasteiger partial charge is 0.497 e. The summed E-state index contributed by atoms with van der Waals surface area (Å²) >= 11 is 0. The molecule has 1 atom stereocenters. The van der Waals surface area contributed by atoms with Crippen LogP contribution >= 0.6 is 0 Å². The molecular formula is C17H21NO2. The van der Waals surface area contributed by atoms with Crippen LogP contribution in [0.4, 0.5) is 0 Å². The van der Waals surface area contributed by atoms with E-state index in [0.717, 1.165) is 23.6 Å². The molecule has 0 bridgehead atoms. The second-order valence-electron chi connectivity index (χ2n) is 4.73. The third kappa shape index (κ3) is 3.75. The zero-order valence-electron chi connectivity index (χ0n) is 12.2. The number of benzene rings is 2. The molecule has 2 rings (SSSR count). The lowest BCUT2D eigenvalue weighted by atomic mass is 10.1. The fraction of sp³-hybridized carbons (Fsp3) is 0.294. The standard InChI is InChI=1S/C17H21NO2/c1-13(15-7-5-4-6-8-15)18-12-14-9-16(19-2)11-17(10-14)20-3/h4-11,13,18H,12H2,1-3H3. The molecule has 106 valence electrons. The Labute approximate surface area is 120 Å². The Balaban J connectivity index is 2.03. The van der Waals surface area contributed by atoms with E-state index in [1.807, 2.05) is 24.3 Å². The van der Waals surface area contributed by atoms with Gasteiger partial charge in [-0.2, -0.15) is 0 Å². The summed E-state index contributed by atoms with van der Waals surface area (Å²) in [5.74, 6) is 1.63. The van der Waals surface area contributed by atoms with E-state index in [0.29, 0.717) is 6.04 Å². The molecule has 1 N–H and O–H groups in total. The Morgan fingerprint density at radius 3 is 2.10 bits per heavy atom. The van der Waals surface area contributed by atoms with Crippen LogP contribution < -0.4 is 14.8 Å². The van der Waals surface area contributed by atoms with Gasteiger partial charge in [-0.05, 0) is 30.2 Å². The molecule has 0 fully saturated rings. The average Bonchev–Trinajstić information content (AvgIpc) is 2.53. The highest BCUT2D eigenvalue weighted by Gasteiger charge is 2.06. The van der Waals surface area contributed by atoms with Gasteiger partial charge in [0, 0.05) is 18.7 Å². The Bertz CT molecular complexity index is 518. The number of rotatable bonds is 6. The third-order valence-corrected chi connectivity index (χ3v) is 3.32. The Kier molecular flexibility index (Phi) is 5.02. The second kappa shape index (κ2) is 6.96. The van der Waals surface area contributed by atoms with Crippen molar-refractivity contribution >= 4 is 0 Å². The Morgan fingerprint density at radius 1 is 0.950 bits per heavy atom. The monoisotopic (exact) mass is 271 g/mol. The molecule has 0 saturated carbocycles. The number of hydrogen-bond acceptors (Lipinski definition) is 3. The maximum Gasteiger partial charge on any atom is 0.122 e. The molecule has 0 aliphatic rings. The van der Waals surface area contributed by atoms with Crippen LogP contribution in [0.3, 0.4) is 0 Å². The van der Waals surface area contributed by atoms with Crippen molar-refractivity contribution in [2.24, 2.45) is 0 Å². The molecular weight excluding hydrogens is 250 g/mol. The van der Waals surface area contributed by atoms with E-state index in [1.165, 1.54) is 5.56 Å². The fourth-order valence-electron chi connectivity index (χ4n) is 2.10. The van der Waals surface area contributed by atoms with Crippen molar-refractivity contribution in [2.45, 2.75) is 19.5 Å². The van der Waals surface area contributed by atoms with Gasteiger partial charge >= 0.3 is 0 Å². The first kappa shape index (κ1) is 14.4. The average molecular weight is 271 g/mol. The Morgan fingerprint density at radius 2 is 1.55 bits per heavy atom. The van der Waals surface area contributed by atoms with Gasteiger partial charge in [0.25, 0.3) is 0 Å². The zero-order valence-corrected chi connectivity index (χ0v) is 12.2. The second-order valence-corrected chi connectivity index (χ2v) is 4.73. The van der Waals surface area contributed by atoms with Crippen LogP contribution in [0.25, 0.3) is 0 Å². The summed E-state index contributed by atoms with van der Waals surface area (Å²) in [6, 6.07) is 16.6. The van der Waals surface area contributed by atoms with E-state index in [1.54, 1.807) is 14.2 Å². The predicted octanol–water partition coefficient (Wildman–Crippen LogP) is 3.55. The Hall–Kier alpha value is -2.00. The van der Waals surface area contributed by atoms with Crippen molar-refractivity contribution in [3.8, 4) is 11.5 Å². The zero-order chi connectivity index (χ0) is 14.4. The minimum Gasteiger partial charge on any atom is -0.497 e. The molecule has 3 heteroatoms. The first-order chi connectivity index (χ1) is 9.72. The molecule has 0 aliphatic carbocycles. The lowest BCUT2D eigenvalue weighted by Gasteiger charge is -2.15. The molecule has 0 radical (unpaired) electrons. The van der Waals surface area contributed by atoms with Gasteiger partial charge in [-0.1, -0.05) is 30.3 Å². The third-order valence-electron chi connectivity index (χ3n) is 3.32. The molecule has 0 saturated heterocycles. The molecule has 0 spiro atoms. The molecule has 20 heavy (non-hydrogen) atoms. The van der Waals surface area contributed by atoms with Crippen molar-refractivity contribution in [1.29, 1.82) is 0 Å². The highest BCUT2D eigenvalue weighted by atomic mass is 16.5. The van der Waals surface area contributed by atoms with Gasteiger partial charge in [0.1, 0.15) is 11.5 Å². The summed E-state index contributed by atoms with van der Waals surface area (Å²) in [4.78, 5) is 0. The summed E-state index contributed by atoms with van der Waals surface area (Å²) in [5.41, 5.74) is 2.42. The first-order valence-corrected chi connectivity index (χ1v) is 6.73. The molecule has 3 nitrogen and oxygen atoms in total. The summed E-state index contributed by atoms with van der Waals surface area (Å²) < 4.78 is 10.6. The summed E-state index contributed by atoms with van der Waals surface area (Å²) in [7, 11) is 3.33. The molecule has 0 heterocycles. The van der Waals surface area contributed by atoms with Crippen LogP contribution in [0.15, 0.2) is 48.5 Å². The predicted molar refractivity (Wildman–Crippen MR) is 81.2 cm³/mol. The summed E-state index contributed by atoms with van der Waals surface area (Å²) in [5, 5.41) is 3.51. The smallest absolute Gasteiger partial charge is 0.122 e. The van der Waals surface area contributed by atoms with Crippen molar-refractivity contribution in [3.05, 3.63) is 59.7 Å². The maximum atomic E-state index is 5.28. The van der Waals surface area contributed by atoms with Crippen LogP contribution in [0, 0.1) is 0 Å². The maximum absolute atomic E-state index is 5.28. The topological polar surface area (TPSA) is 30.5 Å². The minimum absolute atomic E-state index is 0.299. The fourth-order valence-corrected chi connectivity index (χ4v) is 2.10. The van der Waals surface area contributed by atoms with E-state index < -0.39 is 0 Å². The highest BCUT2D eigenvalue weighted by molar-refractivity contribution is 5.38. The highest BCUT2D eigenvalue weighted by Crippen LogP contribution is 2.23. The van der Waals surface area contributed by atoms with E-state index in [9.17, 15) is 0 Å². The van der Waals surface area contributed by atoms with Gasteiger partial charge in [0.05, 0.1) is 14.2 Å². The van der Waals surface area contributed by atoms with Gasteiger partial charge in [0.2, 0.25) is 0 Å². The SMILES string of the molecule is COc1cc(CNC(C)c2ccccc2)cc(OC)c1. The van der Waals surface area contributed by atoms with E-state index in [4.69, 9.17) is 9.47 Å². The normalized spacial score (nSPS) is 11.9. The summed E-state index contributed by atoms with van der Waals surface area (Å²) in [6.45, 7) is 2.93.